The number of benzene rings is 2. The number of nitrogens with zero attached hydrogens (tertiary/aromatic N) is 2. The van der Waals surface area contributed by atoms with Gasteiger partial charge in [-0.05, 0) is 17.5 Å². The molecule has 2 aromatic heterocycles. The minimum absolute atomic E-state index is 0.662. The van der Waals surface area contributed by atoms with Gasteiger partial charge in [0, 0.05) is 19.2 Å². The Kier molecular flexibility index (Phi) is 1.66. The molecule has 4 heteroatoms. The van der Waals surface area contributed by atoms with E-state index in [9.17, 15) is 0 Å². The Morgan fingerprint density at radius 3 is 1.78 bits per heavy atom. The number of rotatable bonds is 0. The Morgan fingerprint density at radius 2 is 1.28 bits per heavy atom. The highest BCUT2D eigenvalue weighted by atomic mass is 16.4. The van der Waals surface area contributed by atoms with Crippen LogP contribution in [-0.2, 0) is 0 Å². The molecule has 0 aliphatic rings. The van der Waals surface area contributed by atoms with Crippen molar-refractivity contribution in [2.45, 2.75) is 13.8 Å². The number of aromatic nitrogens is 2. The van der Waals surface area contributed by atoms with Crippen LogP contribution in [0.2, 0.25) is 0 Å². The standard InChI is InChI=1S/C14H10N2O2/c1-7-15-13-10(17-7)5-3-9-4-6-11-14(12(9)13)16-8(2)18-11/h3-6H,1-2H3. The molecule has 0 saturated heterocycles. The summed E-state index contributed by atoms with van der Waals surface area (Å²) in [5, 5.41) is 2.09. The molecule has 4 aromatic rings. The summed E-state index contributed by atoms with van der Waals surface area (Å²) in [5.41, 5.74) is 3.27. The van der Waals surface area contributed by atoms with E-state index in [2.05, 4.69) is 9.97 Å². The molecule has 0 atom stereocenters. The molecule has 0 spiro atoms. The molecule has 4 rings (SSSR count). The second-order valence-corrected chi connectivity index (χ2v) is 4.39. The van der Waals surface area contributed by atoms with Crippen LogP contribution in [-0.4, -0.2) is 9.97 Å². The van der Waals surface area contributed by atoms with E-state index in [0.29, 0.717) is 11.8 Å². The molecule has 2 aromatic carbocycles. The molecule has 0 fully saturated rings. The summed E-state index contributed by atoms with van der Waals surface area (Å²) in [7, 11) is 0. The zero-order valence-corrected chi connectivity index (χ0v) is 10.0. The molecule has 0 radical (unpaired) electrons. The third-order valence-electron chi connectivity index (χ3n) is 3.11. The van der Waals surface area contributed by atoms with E-state index in [-0.39, 0.29) is 0 Å². The number of hydrogen-bond donors (Lipinski definition) is 0. The Bertz CT molecular complexity index is 831. The monoisotopic (exact) mass is 238 g/mol. The van der Waals surface area contributed by atoms with Gasteiger partial charge >= 0.3 is 0 Å². The predicted octanol–water partition coefficient (Wildman–Crippen LogP) is 3.74. The lowest BCUT2D eigenvalue weighted by Crippen LogP contribution is -1.79. The van der Waals surface area contributed by atoms with E-state index < -0.39 is 0 Å². The molecule has 0 unspecified atom stereocenters. The lowest BCUT2D eigenvalue weighted by atomic mass is 10.1. The van der Waals surface area contributed by atoms with Crippen molar-refractivity contribution in [2.24, 2.45) is 0 Å². The minimum atomic E-state index is 0.662. The van der Waals surface area contributed by atoms with Gasteiger partial charge in [-0.25, -0.2) is 9.97 Å². The van der Waals surface area contributed by atoms with Crippen molar-refractivity contribution in [3.63, 3.8) is 0 Å². The fourth-order valence-electron chi connectivity index (χ4n) is 2.41. The Hall–Kier alpha value is -2.36. The fourth-order valence-corrected chi connectivity index (χ4v) is 2.41. The SMILES string of the molecule is Cc1nc2c(ccc3ccc4oc(C)nc4c32)o1. The molecule has 88 valence electrons. The number of hydrogen-bond acceptors (Lipinski definition) is 4. The van der Waals surface area contributed by atoms with Gasteiger partial charge in [0.05, 0.1) is 0 Å². The molecule has 2 heterocycles. The maximum Gasteiger partial charge on any atom is 0.192 e. The van der Waals surface area contributed by atoms with Gasteiger partial charge in [0.15, 0.2) is 22.9 Å². The lowest BCUT2D eigenvalue weighted by Gasteiger charge is -1.97. The highest BCUT2D eigenvalue weighted by molar-refractivity contribution is 6.15. The summed E-state index contributed by atoms with van der Waals surface area (Å²) in [5.74, 6) is 1.32. The maximum atomic E-state index is 5.56. The van der Waals surface area contributed by atoms with E-state index >= 15 is 0 Å². The summed E-state index contributed by atoms with van der Waals surface area (Å²) < 4.78 is 11.1. The van der Waals surface area contributed by atoms with Crippen LogP contribution in [0.3, 0.4) is 0 Å². The normalized spacial score (nSPS) is 11.9. The van der Waals surface area contributed by atoms with Gasteiger partial charge in [-0.2, -0.15) is 0 Å². The van der Waals surface area contributed by atoms with E-state index in [1.54, 1.807) is 0 Å². The average Bonchev–Trinajstić information content (AvgIpc) is 2.88. The summed E-state index contributed by atoms with van der Waals surface area (Å²) in [6, 6.07) is 7.92. The second-order valence-electron chi connectivity index (χ2n) is 4.39. The van der Waals surface area contributed by atoms with Crippen LogP contribution >= 0.6 is 0 Å². The molecular formula is C14H10N2O2. The Labute approximate surface area is 102 Å². The molecule has 0 aliphatic carbocycles. The number of aryl methyl sites for hydroxylation is 2. The van der Waals surface area contributed by atoms with Crippen molar-refractivity contribution in [1.82, 2.24) is 9.97 Å². The number of fused-ring (bicyclic) bond motifs is 5. The van der Waals surface area contributed by atoms with Gasteiger partial charge < -0.3 is 8.83 Å². The van der Waals surface area contributed by atoms with Crippen LogP contribution in [0.5, 0.6) is 0 Å². The highest BCUT2D eigenvalue weighted by Gasteiger charge is 2.13. The maximum absolute atomic E-state index is 5.56. The highest BCUT2D eigenvalue weighted by Crippen LogP contribution is 2.31. The third-order valence-corrected chi connectivity index (χ3v) is 3.11. The number of oxazole rings is 2. The molecule has 0 bridgehead atoms. The molecule has 0 N–H and O–H groups in total. The predicted molar refractivity (Wildman–Crippen MR) is 68.6 cm³/mol. The summed E-state index contributed by atoms with van der Waals surface area (Å²) in [6.45, 7) is 3.69. The van der Waals surface area contributed by atoms with Gasteiger partial charge in [-0.15, -0.1) is 0 Å². The smallest absolute Gasteiger partial charge is 0.192 e. The first kappa shape index (κ1) is 9.65. The summed E-state index contributed by atoms with van der Waals surface area (Å²) >= 11 is 0. The van der Waals surface area contributed by atoms with Crippen LogP contribution < -0.4 is 0 Å². The van der Waals surface area contributed by atoms with E-state index in [1.807, 2.05) is 38.1 Å². The van der Waals surface area contributed by atoms with Crippen LogP contribution in [0.4, 0.5) is 0 Å². The summed E-state index contributed by atoms with van der Waals surface area (Å²) in [6.07, 6.45) is 0. The zero-order valence-electron chi connectivity index (χ0n) is 10.0. The van der Waals surface area contributed by atoms with Gasteiger partial charge in [0.1, 0.15) is 11.0 Å². The molecular weight excluding hydrogens is 228 g/mol. The van der Waals surface area contributed by atoms with Crippen molar-refractivity contribution in [2.75, 3.05) is 0 Å². The molecule has 0 aliphatic heterocycles. The van der Waals surface area contributed by atoms with Crippen molar-refractivity contribution < 1.29 is 8.83 Å². The van der Waals surface area contributed by atoms with Crippen molar-refractivity contribution in [1.29, 1.82) is 0 Å². The van der Waals surface area contributed by atoms with Crippen LogP contribution in [0.25, 0.3) is 33.0 Å². The Morgan fingerprint density at radius 1 is 0.778 bits per heavy atom. The topological polar surface area (TPSA) is 52.1 Å². The largest absolute Gasteiger partial charge is 0.441 e. The van der Waals surface area contributed by atoms with Crippen molar-refractivity contribution >= 4 is 33.0 Å². The van der Waals surface area contributed by atoms with E-state index in [0.717, 1.165) is 33.0 Å². The summed E-state index contributed by atoms with van der Waals surface area (Å²) in [4.78, 5) is 8.90. The van der Waals surface area contributed by atoms with Gasteiger partial charge in [0.2, 0.25) is 0 Å². The molecule has 4 nitrogen and oxygen atoms in total. The lowest BCUT2D eigenvalue weighted by molar-refractivity contribution is 0.560. The van der Waals surface area contributed by atoms with Crippen molar-refractivity contribution in [3.05, 3.63) is 36.0 Å². The van der Waals surface area contributed by atoms with Crippen molar-refractivity contribution in [3.8, 4) is 0 Å². The molecule has 18 heavy (non-hydrogen) atoms. The van der Waals surface area contributed by atoms with Gasteiger partial charge in [-0.1, -0.05) is 12.1 Å². The molecule has 0 saturated carbocycles. The minimum Gasteiger partial charge on any atom is -0.441 e. The van der Waals surface area contributed by atoms with Crippen LogP contribution in [0.1, 0.15) is 11.8 Å². The molecule has 0 amide bonds. The van der Waals surface area contributed by atoms with Gasteiger partial charge in [-0.3, -0.25) is 0 Å². The fraction of sp³-hybridized carbons (Fsp3) is 0.143. The third kappa shape index (κ3) is 1.14. The first-order valence-corrected chi connectivity index (χ1v) is 5.78. The second kappa shape index (κ2) is 3.10. The Balaban J connectivity index is 2.36. The van der Waals surface area contributed by atoms with E-state index in [4.69, 9.17) is 8.83 Å². The zero-order chi connectivity index (χ0) is 12.3. The first-order valence-electron chi connectivity index (χ1n) is 5.78. The van der Waals surface area contributed by atoms with Crippen LogP contribution in [0, 0.1) is 13.8 Å². The quantitative estimate of drug-likeness (QED) is 0.468. The first-order chi connectivity index (χ1) is 8.72. The van der Waals surface area contributed by atoms with Crippen LogP contribution in [0.15, 0.2) is 33.1 Å². The van der Waals surface area contributed by atoms with Gasteiger partial charge in [0.25, 0.3) is 0 Å². The average molecular weight is 238 g/mol. The van der Waals surface area contributed by atoms with E-state index in [1.165, 1.54) is 0 Å².